The van der Waals surface area contributed by atoms with Gasteiger partial charge in [-0.1, -0.05) is 11.6 Å². The largest absolute Gasteiger partial charge is 0.496 e. The standard InChI is InChI=1S/C15H21ClN2O4/c1-17(9-15(20)21)12-7-18(8-13(12)19)6-10-5-11(16)3-4-14(10)22-2/h3-5,12-13,19H,6-9H2,1-2H3,(H,20,21)/t12-,13-/m1/s1. The van der Waals surface area contributed by atoms with Crippen LogP contribution in [0.2, 0.25) is 5.02 Å². The fraction of sp³-hybridized carbons (Fsp3) is 0.533. The van der Waals surface area contributed by atoms with Crippen LogP contribution < -0.4 is 4.74 Å². The van der Waals surface area contributed by atoms with Gasteiger partial charge in [-0.05, 0) is 25.2 Å². The summed E-state index contributed by atoms with van der Waals surface area (Å²) < 4.78 is 5.33. The lowest BCUT2D eigenvalue weighted by Gasteiger charge is -2.24. The summed E-state index contributed by atoms with van der Waals surface area (Å²) in [5, 5.41) is 19.7. The van der Waals surface area contributed by atoms with Gasteiger partial charge in [-0.25, -0.2) is 0 Å². The highest BCUT2D eigenvalue weighted by Crippen LogP contribution is 2.26. The average Bonchev–Trinajstić information content (AvgIpc) is 2.79. The zero-order valence-electron chi connectivity index (χ0n) is 12.7. The molecule has 0 aromatic heterocycles. The molecular weight excluding hydrogens is 308 g/mol. The number of methoxy groups -OCH3 is 1. The Morgan fingerprint density at radius 1 is 1.50 bits per heavy atom. The molecule has 1 fully saturated rings. The number of benzene rings is 1. The van der Waals surface area contributed by atoms with Crippen molar-refractivity contribution < 1.29 is 19.7 Å². The van der Waals surface area contributed by atoms with Gasteiger partial charge in [0.05, 0.1) is 19.8 Å². The first kappa shape index (κ1) is 17.0. The minimum atomic E-state index is -0.898. The van der Waals surface area contributed by atoms with Gasteiger partial charge in [0.15, 0.2) is 0 Å². The SMILES string of the molecule is COc1ccc(Cl)cc1CN1C[C@@H](O)[C@H](N(C)CC(=O)O)C1. The monoisotopic (exact) mass is 328 g/mol. The molecule has 1 aliphatic rings. The molecular formula is C15H21ClN2O4. The highest BCUT2D eigenvalue weighted by molar-refractivity contribution is 6.30. The lowest BCUT2D eigenvalue weighted by Crippen LogP contribution is -2.43. The molecule has 0 unspecified atom stereocenters. The highest BCUT2D eigenvalue weighted by atomic mass is 35.5. The minimum absolute atomic E-state index is 0.0872. The van der Waals surface area contributed by atoms with Crippen LogP contribution >= 0.6 is 11.6 Å². The summed E-state index contributed by atoms with van der Waals surface area (Å²) in [5.41, 5.74) is 0.948. The number of aliphatic carboxylic acids is 1. The van der Waals surface area contributed by atoms with Crippen LogP contribution in [0.5, 0.6) is 5.75 Å². The molecule has 2 atom stereocenters. The zero-order chi connectivity index (χ0) is 16.3. The van der Waals surface area contributed by atoms with E-state index in [-0.39, 0.29) is 12.6 Å². The van der Waals surface area contributed by atoms with E-state index in [1.807, 2.05) is 12.1 Å². The van der Waals surface area contributed by atoms with Crippen LogP contribution in [0.15, 0.2) is 18.2 Å². The summed E-state index contributed by atoms with van der Waals surface area (Å²) in [7, 11) is 3.32. The van der Waals surface area contributed by atoms with Crippen LogP contribution in [0.1, 0.15) is 5.56 Å². The number of nitrogens with zero attached hydrogens (tertiary/aromatic N) is 2. The number of aliphatic hydroxyl groups is 1. The molecule has 7 heteroatoms. The van der Waals surface area contributed by atoms with Crippen molar-refractivity contribution in [1.82, 2.24) is 9.80 Å². The van der Waals surface area contributed by atoms with Gasteiger partial charge in [0.1, 0.15) is 5.75 Å². The van der Waals surface area contributed by atoms with Crippen molar-refractivity contribution in [3.05, 3.63) is 28.8 Å². The molecule has 0 radical (unpaired) electrons. The van der Waals surface area contributed by atoms with E-state index in [4.69, 9.17) is 21.4 Å². The number of hydrogen-bond donors (Lipinski definition) is 2. The highest BCUT2D eigenvalue weighted by Gasteiger charge is 2.34. The maximum absolute atomic E-state index is 10.8. The molecule has 0 bridgehead atoms. The summed E-state index contributed by atoms with van der Waals surface area (Å²) in [4.78, 5) is 14.5. The molecule has 6 nitrogen and oxygen atoms in total. The fourth-order valence-electron chi connectivity index (χ4n) is 2.85. The summed E-state index contributed by atoms with van der Waals surface area (Å²) >= 11 is 6.03. The van der Waals surface area contributed by atoms with Crippen LogP contribution in [-0.4, -0.2) is 71.9 Å². The Morgan fingerprint density at radius 2 is 2.23 bits per heavy atom. The van der Waals surface area contributed by atoms with Crippen LogP contribution in [0.25, 0.3) is 0 Å². The molecule has 2 rings (SSSR count). The van der Waals surface area contributed by atoms with E-state index < -0.39 is 12.1 Å². The number of ether oxygens (including phenoxy) is 1. The smallest absolute Gasteiger partial charge is 0.317 e. The fourth-order valence-corrected chi connectivity index (χ4v) is 3.05. The third kappa shape index (κ3) is 4.10. The van der Waals surface area contributed by atoms with E-state index in [1.165, 1.54) is 0 Å². The molecule has 0 amide bonds. The third-order valence-electron chi connectivity index (χ3n) is 3.92. The van der Waals surface area contributed by atoms with Crippen molar-refractivity contribution in [2.45, 2.75) is 18.7 Å². The van der Waals surface area contributed by atoms with E-state index in [0.717, 1.165) is 11.3 Å². The number of rotatable bonds is 6. The lowest BCUT2D eigenvalue weighted by atomic mass is 10.2. The summed E-state index contributed by atoms with van der Waals surface area (Å²) in [5.74, 6) is -0.147. The second-order valence-corrected chi connectivity index (χ2v) is 6.03. The molecule has 0 aliphatic carbocycles. The van der Waals surface area contributed by atoms with Gasteiger partial charge in [0.2, 0.25) is 0 Å². The van der Waals surface area contributed by atoms with Gasteiger partial charge >= 0.3 is 5.97 Å². The van der Waals surface area contributed by atoms with Crippen LogP contribution in [-0.2, 0) is 11.3 Å². The second-order valence-electron chi connectivity index (χ2n) is 5.59. The number of carboxylic acids is 1. The van der Waals surface area contributed by atoms with Gasteiger partial charge in [0.25, 0.3) is 0 Å². The molecule has 0 spiro atoms. The molecule has 1 heterocycles. The molecule has 1 saturated heterocycles. The van der Waals surface area contributed by atoms with Gasteiger partial charge < -0.3 is 14.9 Å². The third-order valence-corrected chi connectivity index (χ3v) is 4.16. The second kappa shape index (κ2) is 7.28. The van der Waals surface area contributed by atoms with E-state index in [1.54, 1.807) is 25.1 Å². The zero-order valence-corrected chi connectivity index (χ0v) is 13.5. The maximum Gasteiger partial charge on any atom is 0.317 e. The quantitative estimate of drug-likeness (QED) is 0.808. The first-order valence-electron chi connectivity index (χ1n) is 7.05. The lowest BCUT2D eigenvalue weighted by molar-refractivity contribution is -0.138. The Kier molecular flexibility index (Phi) is 5.63. The molecule has 1 aromatic rings. The molecule has 22 heavy (non-hydrogen) atoms. The van der Waals surface area contributed by atoms with Gasteiger partial charge in [-0.2, -0.15) is 0 Å². The van der Waals surface area contributed by atoms with Gasteiger partial charge in [-0.3, -0.25) is 14.6 Å². The van der Waals surface area contributed by atoms with Crippen molar-refractivity contribution in [2.75, 3.05) is 33.8 Å². The molecule has 2 N–H and O–H groups in total. The molecule has 122 valence electrons. The number of aliphatic hydroxyl groups excluding tert-OH is 1. The summed E-state index contributed by atoms with van der Waals surface area (Å²) in [6.45, 7) is 1.60. The van der Waals surface area contributed by atoms with Crippen molar-refractivity contribution in [3.63, 3.8) is 0 Å². The van der Waals surface area contributed by atoms with Crippen molar-refractivity contribution in [3.8, 4) is 5.75 Å². The van der Waals surface area contributed by atoms with E-state index >= 15 is 0 Å². The van der Waals surface area contributed by atoms with Crippen molar-refractivity contribution in [2.24, 2.45) is 0 Å². The van der Waals surface area contributed by atoms with Crippen molar-refractivity contribution in [1.29, 1.82) is 0 Å². The Balaban J connectivity index is 2.03. The predicted octanol–water partition coefficient (Wildman–Crippen LogP) is 0.910. The van der Waals surface area contributed by atoms with Crippen LogP contribution in [0, 0.1) is 0 Å². The number of carboxylic acid groups (broad SMARTS) is 1. The predicted molar refractivity (Wildman–Crippen MR) is 83.3 cm³/mol. The Labute approximate surface area is 134 Å². The topological polar surface area (TPSA) is 73.2 Å². The normalized spacial score (nSPS) is 22.2. The maximum atomic E-state index is 10.8. The summed E-state index contributed by atoms with van der Waals surface area (Å²) in [6, 6.07) is 5.24. The summed E-state index contributed by atoms with van der Waals surface area (Å²) in [6.07, 6.45) is -0.575. The average molecular weight is 329 g/mol. The number of halogens is 1. The number of β-amino-alcohol motifs (C(OH)–C–C–N with tert-alkyl or cyclic N) is 1. The number of likely N-dealkylation sites (N-methyl/N-ethyl adjacent to an activating group) is 1. The minimum Gasteiger partial charge on any atom is -0.496 e. The van der Waals surface area contributed by atoms with Gasteiger partial charge in [-0.15, -0.1) is 0 Å². The number of carbonyl (C=O) groups is 1. The van der Waals surface area contributed by atoms with Crippen molar-refractivity contribution >= 4 is 17.6 Å². The van der Waals surface area contributed by atoms with E-state index in [2.05, 4.69) is 4.90 Å². The Bertz CT molecular complexity index is 540. The number of likely N-dealkylation sites (tertiary alicyclic amines) is 1. The molecule has 1 aliphatic heterocycles. The van der Waals surface area contributed by atoms with Gasteiger partial charge in [0, 0.05) is 36.3 Å². The van der Waals surface area contributed by atoms with Crippen LogP contribution in [0.4, 0.5) is 0 Å². The molecule has 1 aromatic carbocycles. The van der Waals surface area contributed by atoms with E-state index in [0.29, 0.717) is 24.7 Å². The van der Waals surface area contributed by atoms with Crippen LogP contribution in [0.3, 0.4) is 0 Å². The van der Waals surface area contributed by atoms with E-state index in [9.17, 15) is 9.90 Å². The Hall–Kier alpha value is -1.34. The first-order chi connectivity index (χ1) is 10.4. The molecule has 0 saturated carbocycles. The Morgan fingerprint density at radius 3 is 2.86 bits per heavy atom. The first-order valence-corrected chi connectivity index (χ1v) is 7.43. The number of hydrogen-bond acceptors (Lipinski definition) is 5.